The van der Waals surface area contributed by atoms with E-state index in [1.165, 1.54) is 22.9 Å². The van der Waals surface area contributed by atoms with Crippen molar-refractivity contribution in [2.75, 3.05) is 0 Å². The number of nitrogens with one attached hydrogen (secondary N) is 1. The van der Waals surface area contributed by atoms with Crippen molar-refractivity contribution < 1.29 is 19.1 Å². The van der Waals surface area contributed by atoms with E-state index in [1.54, 1.807) is 13.0 Å². The summed E-state index contributed by atoms with van der Waals surface area (Å²) in [4.78, 5) is 23.5. The number of aliphatic carboxylic acids is 1. The summed E-state index contributed by atoms with van der Waals surface area (Å²) in [6.07, 6.45) is 2.23. The molecule has 0 saturated heterocycles. The first-order chi connectivity index (χ1) is 11.8. The standard InChI is InChI=1S/C16H16ClFN4O3/c1-3-4-5-13(16(24)25)19-15(23)14-9(2)22(21-20-14)10-6-7-12(18)11(17)8-10/h3,6-8,13H,1,4-5H2,2H3,(H,19,23)(H,24,25). The summed E-state index contributed by atoms with van der Waals surface area (Å²) in [5.74, 6) is -2.38. The minimum atomic E-state index is -1.15. The van der Waals surface area contributed by atoms with E-state index in [1.807, 2.05) is 0 Å². The summed E-state index contributed by atoms with van der Waals surface area (Å²) in [5, 5.41) is 19.1. The molecule has 132 valence electrons. The molecule has 2 aromatic rings. The van der Waals surface area contributed by atoms with Gasteiger partial charge in [-0.1, -0.05) is 22.9 Å². The lowest BCUT2D eigenvalue weighted by Gasteiger charge is -2.12. The highest BCUT2D eigenvalue weighted by atomic mass is 35.5. The van der Waals surface area contributed by atoms with E-state index in [9.17, 15) is 14.0 Å². The first kappa shape index (κ1) is 18.6. The van der Waals surface area contributed by atoms with Gasteiger partial charge >= 0.3 is 5.97 Å². The van der Waals surface area contributed by atoms with Crippen LogP contribution in [0, 0.1) is 12.7 Å². The Balaban J connectivity index is 2.24. The first-order valence-corrected chi connectivity index (χ1v) is 7.75. The third-order valence-corrected chi connectivity index (χ3v) is 3.81. The molecule has 1 aromatic heterocycles. The zero-order chi connectivity index (χ0) is 18.6. The zero-order valence-electron chi connectivity index (χ0n) is 13.4. The average Bonchev–Trinajstić information content (AvgIpc) is 2.95. The quantitative estimate of drug-likeness (QED) is 0.734. The van der Waals surface area contributed by atoms with Crippen molar-refractivity contribution in [3.8, 4) is 5.69 Å². The van der Waals surface area contributed by atoms with E-state index in [2.05, 4.69) is 22.2 Å². The van der Waals surface area contributed by atoms with E-state index in [4.69, 9.17) is 16.7 Å². The number of amides is 1. The number of hydrogen-bond donors (Lipinski definition) is 2. The molecule has 9 heteroatoms. The second kappa shape index (κ2) is 7.89. The number of carbonyl (C=O) groups excluding carboxylic acids is 1. The highest BCUT2D eigenvalue weighted by molar-refractivity contribution is 6.30. The highest BCUT2D eigenvalue weighted by Crippen LogP contribution is 2.20. The van der Waals surface area contributed by atoms with Gasteiger partial charge in [0.05, 0.1) is 16.4 Å². The monoisotopic (exact) mass is 366 g/mol. The van der Waals surface area contributed by atoms with Crippen LogP contribution in [-0.4, -0.2) is 38.0 Å². The lowest BCUT2D eigenvalue weighted by molar-refractivity contribution is -0.139. The van der Waals surface area contributed by atoms with Crippen LogP contribution in [0.4, 0.5) is 4.39 Å². The molecule has 1 heterocycles. The minimum Gasteiger partial charge on any atom is -0.480 e. The van der Waals surface area contributed by atoms with Crippen molar-refractivity contribution in [3.63, 3.8) is 0 Å². The molecule has 0 aliphatic heterocycles. The summed E-state index contributed by atoms with van der Waals surface area (Å²) in [7, 11) is 0. The molecule has 25 heavy (non-hydrogen) atoms. The second-order valence-electron chi connectivity index (χ2n) is 5.26. The number of hydrogen-bond acceptors (Lipinski definition) is 4. The Kier molecular flexibility index (Phi) is 5.87. The third kappa shape index (κ3) is 4.21. The van der Waals surface area contributed by atoms with Crippen LogP contribution < -0.4 is 5.32 Å². The SMILES string of the molecule is C=CCCC(NC(=O)c1nnn(-c2ccc(F)c(Cl)c2)c1C)C(=O)O. The number of halogens is 2. The van der Waals surface area contributed by atoms with E-state index < -0.39 is 23.7 Å². The number of carboxylic acids is 1. The normalized spacial score (nSPS) is 11.8. The number of carboxylic acid groups (broad SMARTS) is 1. The molecular formula is C16H16ClFN4O3. The van der Waals surface area contributed by atoms with Gasteiger partial charge in [-0.25, -0.2) is 13.9 Å². The number of allylic oxidation sites excluding steroid dienone is 1. The van der Waals surface area contributed by atoms with Gasteiger partial charge in [0.15, 0.2) is 5.69 Å². The van der Waals surface area contributed by atoms with E-state index in [-0.39, 0.29) is 17.1 Å². The molecular weight excluding hydrogens is 351 g/mol. The largest absolute Gasteiger partial charge is 0.480 e. The Bertz CT molecular complexity index is 822. The maximum atomic E-state index is 13.3. The predicted octanol–water partition coefficient (Wildman–Crippen LogP) is 2.52. The molecule has 0 saturated carbocycles. The van der Waals surface area contributed by atoms with Gasteiger partial charge in [-0.3, -0.25) is 4.79 Å². The molecule has 1 aromatic carbocycles. The Morgan fingerprint density at radius 2 is 2.24 bits per heavy atom. The maximum Gasteiger partial charge on any atom is 0.326 e. The van der Waals surface area contributed by atoms with Crippen molar-refractivity contribution in [2.45, 2.75) is 25.8 Å². The maximum absolute atomic E-state index is 13.3. The molecule has 7 nitrogen and oxygen atoms in total. The third-order valence-electron chi connectivity index (χ3n) is 3.52. The second-order valence-corrected chi connectivity index (χ2v) is 5.67. The van der Waals surface area contributed by atoms with Crippen molar-refractivity contribution in [3.05, 3.63) is 53.1 Å². The zero-order valence-corrected chi connectivity index (χ0v) is 14.1. The topological polar surface area (TPSA) is 97.1 Å². The van der Waals surface area contributed by atoms with E-state index in [0.717, 1.165) is 0 Å². The summed E-state index contributed by atoms with van der Waals surface area (Å²) in [5.41, 5.74) is 0.773. The molecule has 1 atom stereocenters. The Hall–Kier alpha value is -2.74. The fraction of sp³-hybridized carbons (Fsp3) is 0.250. The van der Waals surface area contributed by atoms with Gasteiger partial charge in [-0.15, -0.1) is 11.7 Å². The minimum absolute atomic E-state index is 0.0229. The Morgan fingerprint density at radius 3 is 2.84 bits per heavy atom. The van der Waals surface area contributed by atoms with Gasteiger partial charge < -0.3 is 10.4 Å². The summed E-state index contributed by atoms with van der Waals surface area (Å²) < 4.78 is 14.6. The molecule has 0 spiro atoms. The van der Waals surface area contributed by atoms with Crippen LogP contribution in [0.5, 0.6) is 0 Å². The van der Waals surface area contributed by atoms with Crippen LogP contribution in [0.25, 0.3) is 5.69 Å². The van der Waals surface area contributed by atoms with Crippen molar-refractivity contribution in [1.29, 1.82) is 0 Å². The Labute approximate surface area is 148 Å². The average molecular weight is 367 g/mol. The van der Waals surface area contributed by atoms with Crippen LogP contribution in [0.3, 0.4) is 0 Å². The lowest BCUT2D eigenvalue weighted by atomic mass is 10.1. The molecule has 1 unspecified atom stereocenters. The highest BCUT2D eigenvalue weighted by Gasteiger charge is 2.24. The fourth-order valence-electron chi connectivity index (χ4n) is 2.17. The molecule has 0 aliphatic carbocycles. The molecule has 0 bridgehead atoms. The fourth-order valence-corrected chi connectivity index (χ4v) is 2.34. The van der Waals surface area contributed by atoms with Crippen molar-refractivity contribution >= 4 is 23.5 Å². The molecule has 0 radical (unpaired) electrons. The van der Waals surface area contributed by atoms with Crippen molar-refractivity contribution in [2.24, 2.45) is 0 Å². The Morgan fingerprint density at radius 1 is 1.52 bits per heavy atom. The van der Waals surface area contributed by atoms with Crippen molar-refractivity contribution in [1.82, 2.24) is 20.3 Å². The van der Waals surface area contributed by atoms with Gasteiger partial charge in [-0.05, 0) is 38.0 Å². The predicted molar refractivity (Wildman–Crippen MR) is 89.4 cm³/mol. The number of nitrogens with zero attached hydrogens (tertiary/aromatic N) is 3. The molecule has 0 aliphatic rings. The van der Waals surface area contributed by atoms with Crippen LogP contribution in [0.1, 0.15) is 29.0 Å². The summed E-state index contributed by atoms with van der Waals surface area (Å²) in [6, 6.07) is 2.91. The van der Waals surface area contributed by atoms with Gasteiger partial charge in [0.1, 0.15) is 11.9 Å². The van der Waals surface area contributed by atoms with Crippen LogP contribution in [0.2, 0.25) is 5.02 Å². The number of carbonyl (C=O) groups is 2. The lowest BCUT2D eigenvalue weighted by Crippen LogP contribution is -2.41. The number of benzene rings is 1. The van der Waals surface area contributed by atoms with E-state index in [0.29, 0.717) is 17.8 Å². The van der Waals surface area contributed by atoms with Gasteiger partial charge in [0.25, 0.3) is 5.91 Å². The molecule has 2 N–H and O–H groups in total. The van der Waals surface area contributed by atoms with Crippen LogP contribution >= 0.6 is 11.6 Å². The molecule has 2 rings (SSSR count). The first-order valence-electron chi connectivity index (χ1n) is 7.37. The van der Waals surface area contributed by atoms with Crippen LogP contribution in [0.15, 0.2) is 30.9 Å². The molecule has 0 fully saturated rings. The number of rotatable bonds is 7. The summed E-state index contributed by atoms with van der Waals surface area (Å²) >= 11 is 5.75. The van der Waals surface area contributed by atoms with Gasteiger partial charge in [0, 0.05) is 0 Å². The van der Waals surface area contributed by atoms with Gasteiger partial charge in [0.2, 0.25) is 0 Å². The summed E-state index contributed by atoms with van der Waals surface area (Å²) in [6.45, 7) is 5.11. The van der Waals surface area contributed by atoms with E-state index >= 15 is 0 Å². The van der Waals surface area contributed by atoms with Gasteiger partial charge in [-0.2, -0.15) is 0 Å². The smallest absolute Gasteiger partial charge is 0.326 e. The number of aromatic nitrogens is 3. The molecule has 1 amide bonds. The van der Waals surface area contributed by atoms with Crippen LogP contribution in [-0.2, 0) is 4.79 Å².